The van der Waals surface area contributed by atoms with E-state index in [9.17, 15) is 10.1 Å². The molecule has 76 valence electrons. The minimum Gasteiger partial charge on any atom is -0.401 e. The SMILES string of the molecule is O=[N+]([O-])c1ccc(/C=C/c2ncn[nH]2)o1. The number of aromatic amines is 1. The molecule has 2 heterocycles. The number of nitrogens with one attached hydrogen (secondary N) is 1. The number of furan rings is 1. The van der Waals surface area contributed by atoms with Gasteiger partial charge in [-0.05, 0) is 18.2 Å². The van der Waals surface area contributed by atoms with Gasteiger partial charge < -0.3 is 4.42 Å². The summed E-state index contributed by atoms with van der Waals surface area (Å²) in [5.41, 5.74) is 0. The monoisotopic (exact) mass is 206 g/mol. The summed E-state index contributed by atoms with van der Waals surface area (Å²) in [5.74, 6) is 0.652. The van der Waals surface area contributed by atoms with Crippen LogP contribution in [0.25, 0.3) is 12.2 Å². The predicted octanol–water partition coefficient (Wildman–Crippen LogP) is 1.48. The molecule has 0 unspecified atom stereocenters. The number of hydrogen-bond acceptors (Lipinski definition) is 5. The summed E-state index contributed by atoms with van der Waals surface area (Å²) < 4.78 is 4.90. The summed E-state index contributed by atoms with van der Waals surface area (Å²) in [6.45, 7) is 0. The highest BCUT2D eigenvalue weighted by molar-refractivity contribution is 5.63. The Hall–Kier alpha value is -2.44. The first kappa shape index (κ1) is 9.13. The molecule has 2 aromatic heterocycles. The number of hydrogen-bond donors (Lipinski definition) is 1. The van der Waals surface area contributed by atoms with Crippen LogP contribution in [0.4, 0.5) is 5.88 Å². The molecule has 1 N–H and O–H groups in total. The van der Waals surface area contributed by atoms with E-state index in [-0.39, 0.29) is 5.88 Å². The van der Waals surface area contributed by atoms with Gasteiger partial charge in [0.2, 0.25) is 0 Å². The van der Waals surface area contributed by atoms with E-state index >= 15 is 0 Å². The lowest BCUT2D eigenvalue weighted by Crippen LogP contribution is -1.82. The summed E-state index contributed by atoms with van der Waals surface area (Å²) in [6, 6.07) is 2.80. The van der Waals surface area contributed by atoms with E-state index in [0.29, 0.717) is 11.6 Å². The van der Waals surface area contributed by atoms with E-state index in [1.54, 1.807) is 12.2 Å². The van der Waals surface area contributed by atoms with Gasteiger partial charge in [0, 0.05) is 0 Å². The Kier molecular flexibility index (Phi) is 2.28. The highest BCUT2D eigenvalue weighted by Gasteiger charge is 2.09. The summed E-state index contributed by atoms with van der Waals surface area (Å²) in [5, 5.41) is 16.6. The molecule has 7 nitrogen and oxygen atoms in total. The van der Waals surface area contributed by atoms with Crippen LogP contribution in [-0.4, -0.2) is 20.1 Å². The van der Waals surface area contributed by atoms with E-state index < -0.39 is 4.92 Å². The van der Waals surface area contributed by atoms with Crippen LogP contribution in [0, 0.1) is 10.1 Å². The summed E-state index contributed by atoms with van der Waals surface area (Å²) in [7, 11) is 0. The third-order valence-electron chi connectivity index (χ3n) is 1.63. The molecular formula is C8H6N4O3. The second kappa shape index (κ2) is 3.74. The fourth-order valence-electron chi connectivity index (χ4n) is 0.986. The van der Waals surface area contributed by atoms with Gasteiger partial charge in [0.15, 0.2) is 0 Å². The van der Waals surface area contributed by atoms with E-state index in [1.165, 1.54) is 18.5 Å². The lowest BCUT2D eigenvalue weighted by molar-refractivity contribution is -0.402. The lowest BCUT2D eigenvalue weighted by Gasteiger charge is -1.83. The standard InChI is InChI=1S/C8H6N4O3/c13-12(14)8-4-2-6(15-8)1-3-7-9-5-10-11-7/h1-5H,(H,9,10,11)/b3-1+. The molecule has 7 heteroatoms. The number of aromatic nitrogens is 3. The molecule has 0 saturated carbocycles. The molecule has 2 rings (SSSR count). The van der Waals surface area contributed by atoms with Crippen LogP contribution in [0.1, 0.15) is 11.6 Å². The summed E-state index contributed by atoms with van der Waals surface area (Å²) in [4.78, 5) is 13.6. The minimum absolute atomic E-state index is 0.285. The Balaban J connectivity index is 2.14. The summed E-state index contributed by atoms with van der Waals surface area (Å²) >= 11 is 0. The van der Waals surface area contributed by atoms with Crippen molar-refractivity contribution in [1.82, 2.24) is 15.2 Å². The fraction of sp³-hybridized carbons (Fsp3) is 0. The molecule has 0 saturated heterocycles. The van der Waals surface area contributed by atoms with Crippen molar-refractivity contribution in [3.63, 3.8) is 0 Å². The van der Waals surface area contributed by atoms with Crippen molar-refractivity contribution < 1.29 is 9.34 Å². The maximum absolute atomic E-state index is 10.3. The zero-order valence-electron chi connectivity index (χ0n) is 7.45. The topological polar surface area (TPSA) is 97.9 Å². The zero-order chi connectivity index (χ0) is 10.7. The normalized spacial score (nSPS) is 10.9. The molecule has 0 aliphatic carbocycles. The van der Waals surface area contributed by atoms with Crippen LogP contribution in [0.5, 0.6) is 0 Å². The van der Waals surface area contributed by atoms with Gasteiger partial charge in [-0.3, -0.25) is 15.2 Å². The molecule has 0 radical (unpaired) electrons. The highest BCUT2D eigenvalue weighted by Crippen LogP contribution is 2.17. The van der Waals surface area contributed by atoms with Gasteiger partial charge in [-0.2, -0.15) is 5.10 Å². The van der Waals surface area contributed by atoms with Gasteiger partial charge in [0.1, 0.15) is 22.8 Å². The Bertz CT molecular complexity index is 486. The van der Waals surface area contributed by atoms with E-state index in [1.807, 2.05) is 0 Å². The molecular weight excluding hydrogens is 200 g/mol. The van der Waals surface area contributed by atoms with E-state index in [0.717, 1.165) is 0 Å². The quantitative estimate of drug-likeness (QED) is 0.605. The maximum Gasteiger partial charge on any atom is 0.433 e. The molecule has 0 bridgehead atoms. The second-order valence-corrected chi connectivity index (χ2v) is 2.64. The van der Waals surface area contributed by atoms with E-state index in [2.05, 4.69) is 15.2 Å². The van der Waals surface area contributed by atoms with Crippen LogP contribution in [-0.2, 0) is 0 Å². The largest absolute Gasteiger partial charge is 0.433 e. The molecule has 2 aromatic rings. The van der Waals surface area contributed by atoms with Crippen LogP contribution in [0.15, 0.2) is 22.9 Å². The van der Waals surface area contributed by atoms with Crippen LogP contribution >= 0.6 is 0 Å². The maximum atomic E-state index is 10.3. The average molecular weight is 206 g/mol. The smallest absolute Gasteiger partial charge is 0.401 e. The first-order chi connectivity index (χ1) is 7.25. The van der Waals surface area contributed by atoms with Crippen molar-refractivity contribution in [3.05, 3.63) is 40.2 Å². The lowest BCUT2D eigenvalue weighted by atomic mass is 10.4. The second-order valence-electron chi connectivity index (χ2n) is 2.64. The number of rotatable bonds is 3. The third kappa shape index (κ3) is 2.08. The first-order valence-corrected chi connectivity index (χ1v) is 4.03. The molecule has 0 spiro atoms. The Labute approximate surface area is 83.6 Å². The van der Waals surface area contributed by atoms with Gasteiger partial charge in [0.05, 0.1) is 6.07 Å². The number of nitro groups is 1. The van der Waals surface area contributed by atoms with E-state index in [4.69, 9.17) is 4.42 Å². The molecule has 0 aliphatic heterocycles. The van der Waals surface area contributed by atoms with Crippen molar-refractivity contribution in [2.45, 2.75) is 0 Å². The van der Waals surface area contributed by atoms with Crippen molar-refractivity contribution in [1.29, 1.82) is 0 Å². The van der Waals surface area contributed by atoms with Crippen molar-refractivity contribution in [2.75, 3.05) is 0 Å². The Morgan fingerprint density at radius 2 is 2.33 bits per heavy atom. The molecule has 0 atom stereocenters. The molecule has 0 amide bonds. The first-order valence-electron chi connectivity index (χ1n) is 4.03. The fourth-order valence-corrected chi connectivity index (χ4v) is 0.986. The Morgan fingerprint density at radius 3 is 2.93 bits per heavy atom. The van der Waals surface area contributed by atoms with Crippen LogP contribution < -0.4 is 0 Å². The van der Waals surface area contributed by atoms with Crippen molar-refractivity contribution in [3.8, 4) is 0 Å². The van der Waals surface area contributed by atoms with Gasteiger partial charge in [-0.25, -0.2) is 4.98 Å². The average Bonchev–Trinajstić information content (AvgIpc) is 2.86. The number of nitrogens with zero attached hydrogens (tertiary/aromatic N) is 3. The Morgan fingerprint density at radius 1 is 1.47 bits per heavy atom. The highest BCUT2D eigenvalue weighted by atomic mass is 16.6. The van der Waals surface area contributed by atoms with Gasteiger partial charge in [-0.1, -0.05) is 0 Å². The number of H-pyrrole nitrogens is 1. The third-order valence-corrected chi connectivity index (χ3v) is 1.63. The van der Waals surface area contributed by atoms with Gasteiger partial charge in [0.25, 0.3) is 0 Å². The molecule has 0 aromatic carbocycles. The van der Waals surface area contributed by atoms with Crippen molar-refractivity contribution in [2.24, 2.45) is 0 Å². The molecule has 0 fully saturated rings. The van der Waals surface area contributed by atoms with Crippen LogP contribution in [0.3, 0.4) is 0 Å². The zero-order valence-corrected chi connectivity index (χ0v) is 7.45. The minimum atomic E-state index is -0.591. The van der Waals surface area contributed by atoms with Gasteiger partial charge >= 0.3 is 5.88 Å². The predicted molar refractivity (Wildman–Crippen MR) is 50.7 cm³/mol. The molecule has 15 heavy (non-hydrogen) atoms. The summed E-state index contributed by atoms with van der Waals surface area (Å²) in [6.07, 6.45) is 4.54. The van der Waals surface area contributed by atoms with Gasteiger partial charge in [-0.15, -0.1) is 0 Å². The van der Waals surface area contributed by atoms with Crippen molar-refractivity contribution >= 4 is 18.0 Å². The molecule has 0 aliphatic rings. The van der Waals surface area contributed by atoms with Crippen LogP contribution in [0.2, 0.25) is 0 Å².